The average Bonchev–Trinajstić information content (AvgIpc) is 2.68. The number of anilines is 2. The van der Waals surface area contributed by atoms with Gasteiger partial charge >= 0.3 is 0 Å². The van der Waals surface area contributed by atoms with Crippen LogP contribution in [0.15, 0.2) is 53.4 Å². The first-order valence-corrected chi connectivity index (χ1v) is 11.1. The van der Waals surface area contributed by atoms with Crippen LogP contribution in [0.1, 0.15) is 0 Å². The highest BCUT2D eigenvalue weighted by Gasteiger charge is 2.23. The number of ether oxygens (including phenoxy) is 1. The first-order chi connectivity index (χ1) is 13.4. The second-order valence-corrected chi connectivity index (χ2v) is 8.91. The summed E-state index contributed by atoms with van der Waals surface area (Å²) in [4.78, 5) is 16.0. The molecule has 1 amide bonds. The van der Waals surface area contributed by atoms with E-state index in [1.165, 1.54) is 11.0 Å². The first-order valence-electron chi connectivity index (χ1n) is 9.18. The molecule has 1 aliphatic rings. The number of rotatable bonds is 6. The fourth-order valence-corrected chi connectivity index (χ4v) is 4.21. The number of quaternary nitrogens is 1. The fraction of sp³-hybridized carbons (Fsp3) is 0.350. The van der Waals surface area contributed by atoms with E-state index in [0.29, 0.717) is 12.2 Å². The molecule has 28 heavy (non-hydrogen) atoms. The molecule has 3 rings (SSSR count). The molecule has 1 aliphatic heterocycles. The third kappa shape index (κ3) is 5.02. The van der Waals surface area contributed by atoms with Crippen LogP contribution in [0, 0.1) is 0 Å². The standard InChI is InChI=1S/C20H25N3O4S/c1-27-17-9-7-16(8-10-17)23-13-11-22(12-14-23)15-20(24)21-18-5-3-4-6-19(18)28(2,25)26/h3-10H,11-15H2,1-2H3,(H,21,24)/p+1. The van der Waals surface area contributed by atoms with Gasteiger partial charge in [0.25, 0.3) is 5.91 Å². The lowest BCUT2D eigenvalue weighted by molar-refractivity contribution is -0.892. The number of amides is 1. The molecule has 2 aromatic carbocycles. The summed E-state index contributed by atoms with van der Waals surface area (Å²) >= 11 is 0. The van der Waals surface area contributed by atoms with Gasteiger partial charge in [-0.05, 0) is 36.4 Å². The maximum absolute atomic E-state index is 12.4. The van der Waals surface area contributed by atoms with E-state index in [2.05, 4.69) is 10.2 Å². The third-order valence-electron chi connectivity index (χ3n) is 4.88. The Morgan fingerprint density at radius 2 is 1.75 bits per heavy atom. The first kappa shape index (κ1) is 20.2. The second kappa shape index (κ2) is 8.62. The number of para-hydroxylation sites is 1. The SMILES string of the molecule is COc1ccc(N2CC[NH+](CC(=O)Nc3ccccc3S(C)(=O)=O)CC2)cc1. The molecule has 0 radical (unpaired) electrons. The van der Waals surface area contributed by atoms with E-state index in [1.807, 2.05) is 24.3 Å². The van der Waals surface area contributed by atoms with E-state index >= 15 is 0 Å². The van der Waals surface area contributed by atoms with E-state index in [1.54, 1.807) is 25.3 Å². The minimum atomic E-state index is -3.39. The van der Waals surface area contributed by atoms with E-state index in [9.17, 15) is 13.2 Å². The maximum atomic E-state index is 12.4. The Morgan fingerprint density at radius 1 is 1.11 bits per heavy atom. The van der Waals surface area contributed by atoms with Gasteiger partial charge < -0.3 is 19.9 Å². The maximum Gasteiger partial charge on any atom is 0.279 e. The van der Waals surface area contributed by atoms with Gasteiger partial charge in [-0.3, -0.25) is 4.79 Å². The lowest BCUT2D eigenvalue weighted by atomic mass is 10.2. The Kier molecular flexibility index (Phi) is 6.21. The van der Waals surface area contributed by atoms with Crippen LogP contribution in [-0.2, 0) is 14.6 Å². The molecule has 0 bridgehead atoms. The monoisotopic (exact) mass is 404 g/mol. The molecular weight excluding hydrogens is 378 g/mol. The molecule has 1 fully saturated rings. The molecule has 1 heterocycles. The summed E-state index contributed by atoms with van der Waals surface area (Å²) in [5, 5.41) is 2.75. The van der Waals surface area contributed by atoms with Crippen molar-refractivity contribution in [3.63, 3.8) is 0 Å². The number of benzene rings is 2. The number of carbonyl (C=O) groups excluding carboxylic acids is 1. The average molecular weight is 405 g/mol. The molecule has 0 atom stereocenters. The molecule has 150 valence electrons. The van der Waals surface area contributed by atoms with Crippen molar-refractivity contribution in [3.8, 4) is 5.75 Å². The smallest absolute Gasteiger partial charge is 0.279 e. The van der Waals surface area contributed by atoms with Gasteiger partial charge in [-0.25, -0.2) is 8.42 Å². The van der Waals surface area contributed by atoms with Crippen molar-refractivity contribution in [1.29, 1.82) is 0 Å². The van der Waals surface area contributed by atoms with Crippen LogP contribution in [-0.4, -0.2) is 60.4 Å². The van der Waals surface area contributed by atoms with Crippen LogP contribution < -0.4 is 19.9 Å². The molecular formula is C20H26N3O4S+. The molecule has 1 saturated heterocycles. The Balaban J connectivity index is 1.54. The molecule has 0 saturated carbocycles. The second-order valence-electron chi connectivity index (χ2n) is 6.93. The lowest BCUT2D eigenvalue weighted by Crippen LogP contribution is -3.15. The van der Waals surface area contributed by atoms with Crippen molar-refractivity contribution in [2.45, 2.75) is 4.90 Å². The van der Waals surface area contributed by atoms with Crippen molar-refractivity contribution < 1.29 is 22.8 Å². The summed E-state index contributed by atoms with van der Waals surface area (Å²) < 4.78 is 28.9. The highest BCUT2D eigenvalue weighted by molar-refractivity contribution is 7.90. The van der Waals surface area contributed by atoms with Crippen LogP contribution in [0.5, 0.6) is 5.75 Å². The molecule has 7 nitrogen and oxygen atoms in total. The van der Waals surface area contributed by atoms with Crippen molar-refractivity contribution in [3.05, 3.63) is 48.5 Å². The molecule has 0 aliphatic carbocycles. The minimum absolute atomic E-state index is 0.141. The number of sulfone groups is 1. The summed E-state index contributed by atoms with van der Waals surface area (Å²) in [5.74, 6) is 0.656. The van der Waals surface area contributed by atoms with Gasteiger partial charge in [-0.2, -0.15) is 0 Å². The fourth-order valence-electron chi connectivity index (χ4n) is 3.37. The van der Waals surface area contributed by atoms with Crippen LogP contribution in [0.2, 0.25) is 0 Å². The molecule has 0 unspecified atom stereocenters. The molecule has 0 spiro atoms. The molecule has 8 heteroatoms. The van der Waals surface area contributed by atoms with Crippen molar-refractivity contribution in [2.24, 2.45) is 0 Å². The molecule has 2 aromatic rings. The van der Waals surface area contributed by atoms with Crippen molar-refractivity contribution in [2.75, 3.05) is 56.3 Å². The summed E-state index contributed by atoms with van der Waals surface area (Å²) in [6, 6.07) is 14.5. The number of nitrogens with one attached hydrogen (secondary N) is 2. The number of carbonyl (C=O) groups is 1. The number of piperazine rings is 1. The summed E-state index contributed by atoms with van der Waals surface area (Å²) in [6.07, 6.45) is 1.14. The van der Waals surface area contributed by atoms with Gasteiger partial charge in [0.2, 0.25) is 0 Å². The normalized spacial score (nSPS) is 15.3. The Labute approximate surface area is 165 Å². The topological polar surface area (TPSA) is 80.2 Å². The van der Waals surface area contributed by atoms with Crippen molar-refractivity contribution >= 4 is 27.1 Å². The molecule has 0 aromatic heterocycles. The van der Waals surface area contributed by atoms with Crippen LogP contribution in [0.3, 0.4) is 0 Å². The zero-order valence-corrected chi connectivity index (χ0v) is 17.0. The third-order valence-corrected chi connectivity index (χ3v) is 6.03. The molecule has 2 N–H and O–H groups in total. The predicted molar refractivity (Wildman–Crippen MR) is 109 cm³/mol. The number of hydrogen-bond acceptors (Lipinski definition) is 5. The van der Waals surface area contributed by atoms with Gasteiger partial charge in [-0.15, -0.1) is 0 Å². The van der Waals surface area contributed by atoms with E-state index in [0.717, 1.165) is 43.9 Å². The summed E-state index contributed by atoms with van der Waals surface area (Å²) in [7, 11) is -1.74. The number of methoxy groups -OCH3 is 1. The van der Waals surface area contributed by atoms with Gasteiger partial charge in [0.05, 0.1) is 43.9 Å². The number of nitrogens with zero attached hydrogens (tertiary/aromatic N) is 1. The van der Waals surface area contributed by atoms with Gasteiger partial charge in [0, 0.05) is 11.9 Å². The summed E-state index contributed by atoms with van der Waals surface area (Å²) in [6.45, 7) is 3.71. The van der Waals surface area contributed by atoms with Crippen molar-refractivity contribution in [1.82, 2.24) is 0 Å². The van der Waals surface area contributed by atoms with E-state index in [-0.39, 0.29) is 10.8 Å². The Bertz CT molecular complexity index is 921. The summed E-state index contributed by atoms with van der Waals surface area (Å²) in [5.41, 5.74) is 1.48. The van der Waals surface area contributed by atoms with Gasteiger partial charge in [-0.1, -0.05) is 12.1 Å². The van der Waals surface area contributed by atoms with E-state index < -0.39 is 9.84 Å². The van der Waals surface area contributed by atoms with E-state index in [4.69, 9.17) is 4.74 Å². The number of hydrogen-bond donors (Lipinski definition) is 2. The minimum Gasteiger partial charge on any atom is -0.497 e. The van der Waals surface area contributed by atoms with Crippen LogP contribution >= 0.6 is 0 Å². The Morgan fingerprint density at radius 3 is 2.36 bits per heavy atom. The Hall–Kier alpha value is -2.58. The zero-order valence-electron chi connectivity index (χ0n) is 16.1. The predicted octanol–water partition coefficient (Wildman–Crippen LogP) is 0.442. The van der Waals surface area contributed by atoms with Gasteiger partial charge in [0.1, 0.15) is 5.75 Å². The highest BCUT2D eigenvalue weighted by Crippen LogP contribution is 2.20. The zero-order chi connectivity index (χ0) is 20.1. The quantitative estimate of drug-likeness (QED) is 0.731. The lowest BCUT2D eigenvalue weighted by Gasteiger charge is -2.33. The highest BCUT2D eigenvalue weighted by atomic mass is 32.2. The van der Waals surface area contributed by atoms with Crippen LogP contribution in [0.25, 0.3) is 0 Å². The largest absolute Gasteiger partial charge is 0.497 e. The van der Waals surface area contributed by atoms with Crippen LogP contribution in [0.4, 0.5) is 11.4 Å². The van der Waals surface area contributed by atoms with Gasteiger partial charge in [0.15, 0.2) is 16.4 Å².